The van der Waals surface area contributed by atoms with Crippen LogP contribution in [-0.4, -0.2) is 28.6 Å². The Labute approximate surface area is 171 Å². The average Bonchev–Trinajstić information content (AvgIpc) is 3.22. The molecule has 0 saturated heterocycles. The molecule has 0 bridgehead atoms. The Kier molecular flexibility index (Phi) is 7.15. The molecule has 1 aromatic heterocycles. The number of amides is 2. The lowest BCUT2D eigenvalue weighted by molar-refractivity contribution is -0.140. The molecule has 5 nitrogen and oxygen atoms in total. The summed E-state index contributed by atoms with van der Waals surface area (Å²) in [5.41, 5.74) is 1.76. The Morgan fingerprint density at radius 3 is 2.57 bits per heavy atom. The van der Waals surface area contributed by atoms with Crippen LogP contribution in [0, 0.1) is 6.92 Å². The van der Waals surface area contributed by atoms with Crippen LogP contribution in [0.25, 0.3) is 0 Å². The quantitative estimate of drug-likeness (QED) is 0.700. The molecule has 0 aliphatic heterocycles. The molecule has 0 unspecified atom stereocenters. The second kappa shape index (κ2) is 9.78. The predicted octanol–water partition coefficient (Wildman–Crippen LogP) is 4.35. The molecule has 0 spiro atoms. The van der Waals surface area contributed by atoms with Crippen molar-refractivity contribution < 1.29 is 14.0 Å². The van der Waals surface area contributed by atoms with Crippen molar-refractivity contribution in [2.24, 2.45) is 0 Å². The largest absolute Gasteiger partial charge is 0.467 e. The third-order valence-electron chi connectivity index (χ3n) is 5.34. The van der Waals surface area contributed by atoms with Crippen molar-refractivity contribution >= 4 is 23.4 Å². The first-order valence-corrected chi connectivity index (χ1v) is 10.4. The molecule has 0 radical (unpaired) electrons. The highest BCUT2D eigenvalue weighted by Gasteiger charge is 2.33. The zero-order valence-electron chi connectivity index (χ0n) is 16.2. The van der Waals surface area contributed by atoms with Crippen LogP contribution >= 0.6 is 11.6 Å². The Bertz CT molecular complexity index is 785. The summed E-state index contributed by atoms with van der Waals surface area (Å²) in [7, 11) is 0. The van der Waals surface area contributed by atoms with Crippen molar-refractivity contribution in [1.82, 2.24) is 10.2 Å². The van der Waals surface area contributed by atoms with Crippen LogP contribution in [0.5, 0.6) is 0 Å². The number of nitrogens with zero attached hydrogens (tertiary/aromatic N) is 1. The van der Waals surface area contributed by atoms with Gasteiger partial charge < -0.3 is 14.6 Å². The van der Waals surface area contributed by atoms with Gasteiger partial charge in [0.2, 0.25) is 11.8 Å². The van der Waals surface area contributed by atoms with E-state index in [0.717, 1.165) is 36.8 Å². The van der Waals surface area contributed by atoms with Crippen molar-refractivity contribution in [2.45, 2.75) is 57.7 Å². The first kappa shape index (κ1) is 20.5. The zero-order valence-corrected chi connectivity index (χ0v) is 17.0. The fraction of sp³-hybridized carbons (Fsp3) is 0.455. The highest BCUT2D eigenvalue weighted by Crippen LogP contribution is 2.28. The molecule has 1 aromatic carbocycles. The zero-order chi connectivity index (χ0) is 19.9. The van der Waals surface area contributed by atoms with Gasteiger partial charge >= 0.3 is 0 Å². The van der Waals surface area contributed by atoms with Crippen molar-refractivity contribution in [3.8, 4) is 0 Å². The Morgan fingerprint density at radius 1 is 1.18 bits per heavy atom. The monoisotopic (exact) mass is 402 g/mol. The van der Waals surface area contributed by atoms with Crippen LogP contribution in [0.2, 0.25) is 0 Å². The molecule has 2 aromatic rings. The smallest absolute Gasteiger partial charge is 0.247 e. The molecule has 1 atom stereocenters. The molecule has 1 N–H and O–H groups in total. The number of hydrogen-bond donors (Lipinski definition) is 1. The fourth-order valence-corrected chi connectivity index (χ4v) is 4.00. The lowest BCUT2D eigenvalue weighted by Gasteiger charge is -2.33. The molecule has 3 rings (SSSR count). The molecule has 1 aliphatic rings. The molecule has 2 amide bonds. The average molecular weight is 403 g/mol. The molecule has 1 aliphatic carbocycles. The number of hydrogen-bond acceptors (Lipinski definition) is 3. The van der Waals surface area contributed by atoms with Gasteiger partial charge in [0, 0.05) is 6.04 Å². The summed E-state index contributed by atoms with van der Waals surface area (Å²) in [4.78, 5) is 27.6. The second-order valence-corrected chi connectivity index (χ2v) is 7.60. The molecule has 1 saturated carbocycles. The third kappa shape index (κ3) is 4.96. The van der Waals surface area contributed by atoms with E-state index in [-0.39, 0.29) is 30.3 Å². The number of furan rings is 1. The second-order valence-electron chi connectivity index (χ2n) is 7.34. The van der Waals surface area contributed by atoms with Crippen molar-refractivity contribution in [3.63, 3.8) is 0 Å². The van der Waals surface area contributed by atoms with Gasteiger partial charge in [-0.3, -0.25) is 9.59 Å². The number of nitrogens with one attached hydrogen (secondary N) is 1. The molecular formula is C22H27ClN2O3. The Hall–Kier alpha value is -2.27. The third-order valence-corrected chi connectivity index (χ3v) is 5.56. The summed E-state index contributed by atoms with van der Waals surface area (Å²) in [6.07, 6.45) is 6.97. The van der Waals surface area contributed by atoms with Gasteiger partial charge in [-0.2, -0.15) is 0 Å². The summed E-state index contributed by atoms with van der Waals surface area (Å²) in [5.74, 6) is -0.0429. The van der Waals surface area contributed by atoms with Gasteiger partial charge in [-0.05, 0) is 43.0 Å². The molecule has 6 heteroatoms. The standard InChI is InChI=1S/C22H27ClN2O3/c1-16-8-5-6-12-19(16)21(22(27)24-17-9-3-2-4-10-17)25(20(26)14-23)15-18-11-7-13-28-18/h5-8,11-13,17,21H,2-4,9-10,14-15H2,1H3,(H,24,27)/t21-/m1/s1. The van der Waals surface area contributed by atoms with E-state index >= 15 is 0 Å². The van der Waals surface area contributed by atoms with Crippen LogP contribution < -0.4 is 5.32 Å². The van der Waals surface area contributed by atoms with Crippen molar-refractivity contribution in [1.29, 1.82) is 0 Å². The summed E-state index contributed by atoms with van der Waals surface area (Å²) in [5, 5.41) is 3.18. The number of carbonyl (C=O) groups is 2. The Balaban J connectivity index is 1.93. The fourth-order valence-electron chi connectivity index (χ4n) is 3.84. The van der Waals surface area contributed by atoms with Gasteiger partial charge in [-0.25, -0.2) is 0 Å². The van der Waals surface area contributed by atoms with E-state index in [0.29, 0.717) is 5.76 Å². The topological polar surface area (TPSA) is 62.6 Å². The van der Waals surface area contributed by atoms with E-state index in [9.17, 15) is 9.59 Å². The van der Waals surface area contributed by atoms with E-state index in [1.807, 2.05) is 31.2 Å². The van der Waals surface area contributed by atoms with E-state index in [1.165, 1.54) is 11.3 Å². The number of rotatable bonds is 7. The van der Waals surface area contributed by atoms with E-state index in [2.05, 4.69) is 5.32 Å². The number of benzene rings is 1. The number of carbonyl (C=O) groups excluding carboxylic acids is 2. The summed E-state index contributed by atoms with van der Waals surface area (Å²) in [6.45, 7) is 2.14. The minimum atomic E-state index is -0.750. The van der Waals surface area contributed by atoms with Crippen LogP contribution in [0.3, 0.4) is 0 Å². The van der Waals surface area contributed by atoms with Gasteiger partial charge in [0.15, 0.2) is 0 Å². The summed E-state index contributed by atoms with van der Waals surface area (Å²) >= 11 is 5.90. The van der Waals surface area contributed by atoms with Crippen LogP contribution in [0.4, 0.5) is 0 Å². The maximum atomic E-state index is 13.4. The van der Waals surface area contributed by atoms with Gasteiger partial charge in [0.05, 0.1) is 12.8 Å². The number of halogens is 1. The highest BCUT2D eigenvalue weighted by molar-refractivity contribution is 6.27. The predicted molar refractivity (Wildman–Crippen MR) is 109 cm³/mol. The lowest BCUT2D eigenvalue weighted by Crippen LogP contribution is -2.47. The summed E-state index contributed by atoms with van der Waals surface area (Å²) < 4.78 is 5.44. The van der Waals surface area contributed by atoms with Crippen LogP contribution in [0.1, 0.15) is 55.0 Å². The van der Waals surface area contributed by atoms with Crippen LogP contribution in [0.15, 0.2) is 47.1 Å². The van der Waals surface area contributed by atoms with Gasteiger partial charge in [-0.1, -0.05) is 43.5 Å². The van der Waals surface area contributed by atoms with Crippen molar-refractivity contribution in [3.05, 3.63) is 59.5 Å². The first-order valence-electron chi connectivity index (χ1n) is 9.84. The SMILES string of the molecule is Cc1ccccc1[C@H](C(=O)NC1CCCCC1)N(Cc1ccco1)C(=O)CCl. The van der Waals surface area contributed by atoms with E-state index < -0.39 is 6.04 Å². The van der Waals surface area contributed by atoms with Gasteiger partial charge in [0.1, 0.15) is 17.7 Å². The van der Waals surface area contributed by atoms with Crippen LogP contribution in [-0.2, 0) is 16.1 Å². The normalized spacial score (nSPS) is 15.8. The first-order chi connectivity index (χ1) is 13.6. The maximum absolute atomic E-state index is 13.4. The number of alkyl halides is 1. The minimum Gasteiger partial charge on any atom is -0.467 e. The van der Waals surface area contributed by atoms with Gasteiger partial charge in [0.25, 0.3) is 0 Å². The molecular weight excluding hydrogens is 376 g/mol. The minimum absolute atomic E-state index is 0.157. The maximum Gasteiger partial charge on any atom is 0.247 e. The Morgan fingerprint density at radius 2 is 1.93 bits per heavy atom. The molecule has 1 heterocycles. The lowest BCUT2D eigenvalue weighted by atomic mass is 9.94. The van der Waals surface area contributed by atoms with E-state index in [1.54, 1.807) is 18.4 Å². The van der Waals surface area contributed by atoms with Gasteiger partial charge in [-0.15, -0.1) is 11.6 Å². The molecule has 28 heavy (non-hydrogen) atoms. The van der Waals surface area contributed by atoms with E-state index in [4.69, 9.17) is 16.0 Å². The number of aryl methyl sites for hydroxylation is 1. The molecule has 1 fully saturated rings. The highest BCUT2D eigenvalue weighted by atomic mass is 35.5. The summed E-state index contributed by atoms with van der Waals surface area (Å²) in [6, 6.07) is 10.6. The van der Waals surface area contributed by atoms with Crippen molar-refractivity contribution in [2.75, 3.05) is 5.88 Å². The molecule has 150 valence electrons.